The molecule has 0 amide bonds. The van der Waals surface area contributed by atoms with E-state index in [-0.39, 0.29) is 12.1 Å². The molecule has 0 radical (unpaired) electrons. The minimum atomic E-state index is -1.68. The molecular weight excluding hydrogens is 388 g/mol. The number of aliphatic hydroxyl groups is 1. The summed E-state index contributed by atoms with van der Waals surface area (Å²) in [7, 11) is 1.91. The summed E-state index contributed by atoms with van der Waals surface area (Å²) in [6.45, 7) is 1.76. The maximum Gasteiger partial charge on any atom is 0.139 e. The fraction of sp³-hybridized carbons (Fsp3) is 0.227. The normalized spacial score (nSPS) is 14.4. The Morgan fingerprint density at radius 3 is 2.50 bits per heavy atom. The number of hydrogen-bond acceptors (Lipinski definition) is 4. The van der Waals surface area contributed by atoms with Crippen LogP contribution in [0.5, 0.6) is 0 Å². The predicted molar refractivity (Wildman–Crippen MR) is 107 cm³/mol. The third-order valence-electron chi connectivity index (χ3n) is 5.47. The van der Waals surface area contributed by atoms with E-state index >= 15 is 0 Å². The van der Waals surface area contributed by atoms with Gasteiger partial charge in [0.05, 0.1) is 6.54 Å². The van der Waals surface area contributed by atoms with Gasteiger partial charge in [0.25, 0.3) is 0 Å². The van der Waals surface area contributed by atoms with Crippen LogP contribution in [0.3, 0.4) is 0 Å². The highest BCUT2D eigenvalue weighted by Gasteiger charge is 2.40. The van der Waals surface area contributed by atoms with E-state index < -0.39 is 23.2 Å². The molecular formula is C22H21F2N5O. The second kappa shape index (κ2) is 7.79. The van der Waals surface area contributed by atoms with Gasteiger partial charge in [0.15, 0.2) is 0 Å². The lowest BCUT2D eigenvalue weighted by Gasteiger charge is -2.35. The molecule has 30 heavy (non-hydrogen) atoms. The lowest BCUT2D eigenvalue weighted by atomic mass is 9.78. The Morgan fingerprint density at radius 2 is 1.90 bits per heavy atom. The standard InChI is InChI=1S/C22H21F2N5O/c1-15(16-3-5-17(6-4-16)21-26-9-10-28(21)2)22(30,12-29-14-25-13-27-29)19-8-7-18(23)11-20(19)24/h3-11,13-15,30H,12H2,1-2H3. The van der Waals surface area contributed by atoms with Crippen LogP contribution in [0.4, 0.5) is 8.78 Å². The molecule has 2 aromatic carbocycles. The lowest BCUT2D eigenvalue weighted by Crippen LogP contribution is -2.38. The van der Waals surface area contributed by atoms with E-state index in [4.69, 9.17) is 0 Å². The Labute approximate surface area is 172 Å². The molecule has 0 fully saturated rings. The van der Waals surface area contributed by atoms with Crippen LogP contribution < -0.4 is 0 Å². The number of hydrogen-bond donors (Lipinski definition) is 1. The van der Waals surface area contributed by atoms with Crippen LogP contribution in [0.2, 0.25) is 0 Å². The number of halogens is 2. The van der Waals surface area contributed by atoms with E-state index in [1.54, 1.807) is 13.1 Å². The minimum absolute atomic E-state index is 0.0000720. The van der Waals surface area contributed by atoms with Gasteiger partial charge in [0.1, 0.15) is 35.7 Å². The molecule has 2 heterocycles. The number of benzene rings is 2. The van der Waals surface area contributed by atoms with E-state index in [2.05, 4.69) is 15.1 Å². The highest BCUT2D eigenvalue weighted by atomic mass is 19.1. The van der Waals surface area contributed by atoms with Crippen molar-refractivity contribution in [2.24, 2.45) is 7.05 Å². The summed E-state index contributed by atoms with van der Waals surface area (Å²) in [6, 6.07) is 10.8. The molecule has 4 aromatic rings. The monoisotopic (exact) mass is 409 g/mol. The van der Waals surface area contributed by atoms with Gasteiger partial charge in [-0.25, -0.2) is 23.4 Å². The summed E-state index contributed by atoms with van der Waals surface area (Å²) in [5.41, 5.74) is 0.0292. The van der Waals surface area contributed by atoms with Crippen molar-refractivity contribution in [1.29, 1.82) is 0 Å². The molecule has 2 unspecified atom stereocenters. The van der Waals surface area contributed by atoms with E-state index in [0.717, 1.165) is 29.1 Å². The summed E-state index contributed by atoms with van der Waals surface area (Å²) >= 11 is 0. The van der Waals surface area contributed by atoms with Crippen molar-refractivity contribution in [2.45, 2.75) is 25.0 Å². The van der Waals surface area contributed by atoms with Crippen LogP contribution in [0.15, 0.2) is 67.5 Å². The Morgan fingerprint density at radius 1 is 1.13 bits per heavy atom. The Balaban J connectivity index is 1.74. The van der Waals surface area contributed by atoms with Crippen LogP contribution in [-0.4, -0.2) is 29.4 Å². The van der Waals surface area contributed by atoms with Gasteiger partial charge < -0.3 is 9.67 Å². The third kappa shape index (κ3) is 3.61. The molecule has 0 aliphatic heterocycles. The Kier molecular flexibility index (Phi) is 5.17. The van der Waals surface area contributed by atoms with Crippen LogP contribution in [0, 0.1) is 11.6 Å². The van der Waals surface area contributed by atoms with Gasteiger partial charge in [-0.15, -0.1) is 0 Å². The van der Waals surface area contributed by atoms with E-state index in [1.807, 2.05) is 42.1 Å². The first-order valence-electron chi connectivity index (χ1n) is 9.46. The van der Waals surface area contributed by atoms with Crippen molar-refractivity contribution in [1.82, 2.24) is 24.3 Å². The van der Waals surface area contributed by atoms with Gasteiger partial charge in [0, 0.05) is 42.6 Å². The number of rotatable bonds is 6. The van der Waals surface area contributed by atoms with Crippen LogP contribution >= 0.6 is 0 Å². The van der Waals surface area contributed by atoms with E-state index in [9.17, 15) is 13.9 Å². The topological polar surface area (TPSA) is 68.8 Å². The van der Waals surface area contributed by atoms with Crippen molar-refractivity contribution in [2.75, 3.05) is 0 Å². The van der Waals surface area contributed by atoms with Gasteiger partial charge in [0.2, 0.25) is 0 Å². The number of aromatic nitrogens is 5. The molecule has 0 saturated heterocycles. The molecule has 154 valence electrons. The van der Waals surface area contributed by atoms with Crippen LogP contribution in [0.1, 0.15) is 24.0 Å². The highest BCUT2D eigenvalue weighted by Crippen LogP contribution is 2.40. The molecule has 8 heteroatoms. The predicted octanol–water partition coefficient (Wildman–Crippen LogP) is 3.65. The maximum absolute atomic E-state index is 14.7. The molecule has 2 atom stereocenters. The fourth-order valence-electron chi connectivity index (χ4n) is 3.70. The van der Waals surface area contributed by atoms with E-state index in [1.165, 1.54) is 23.4 Å². The zero-order chi connectivity index (χ0) is 21.3. The summed E-state index contributed by atoms with van der Waals surface area (Å²) in [6.07, 6.45) is 6.37. The van der Waals surface area contributed by atoms with Crippen molar-refractivity contribution >= 4 is 0 Å². The smallest absolute Gasteiger partial charge is 0.139 e. The summed E-state index contributed by atoms with van der Waals surface area (Å²) in [4.78, 5) is 8.23. The molecule has 1 N–H and O–H groups in total. The quantitative estimate of drug-likeness (QED) is 0.528. The zero-order valence-electron chi connectivity index (χ0n) is 16.6. The summed E-state index contributed by atoms with van der Waals surface area (Å²) < 4.78 is 31.5. The SMILES string of the molecule is CC(c1ccc(-c2nccn2C)cc1)C(O)(Cn1cncn1)c1ccc(F)cc1F. The van der Waals surface area contributed by atoms with E-state index in [0.29, 0.717) is 0 Å². The minimum Gasteiger partial charge on any atom is -0.382 e. The molecule has 0 aliphatic carbocycles. The molecule has 0 bridgehead atoms. The first-order chi connectivity index (χ1) is 14.4. The average molecular weight is 409 g/mol. The summed E-state index contributed by atoms with van der Waals surface area (Å²) in [5, 5.41) is 15.7. The first-order valence-corrected chi connectivity index (χ1v) is 9.46. The van der Waals surface area contributed by atoms with Gasteiger partial charge >= 0.3 is 0 Å². The maximum atomic E-state index is 14.7. The van der Waals surface area contributed by atoms with Crippen molar-refractivity contribution in [3.05, 3.63) is 90.3 Å². The second-order valence-corrected chi connectivity index (χ2v) is 7.35. The van der Waals surface area contributed by atoms with Gasteiger partial charge in [-0.1, -0.05) is 37.3 Å². The van der Waals surface area contributed by atoms with Crippen molar-refractivity contribution in [3.63, 3.8) is 0 Å². The first kappa shape index (κ1) is 19.9. The van der Waals surface area contributed by atoms with Crippen molar-refractivity contribution in [3.8, 4) is 11.4 Å². The average Bonchev–Trinajstić information content (AvgIpc) is 3.39. The second-order valence-electron chi connectivity index (χ2n) is 7.35. The van der Waals surface area contributed by atoms with Gasteiger partial charge in [-0.05, 0) is 11.6 Å². The Hall–Kier alpha value is -3.39. The molecule has 2 aromatic heterocycles. The molecule has 0 saturated carbocycles. The van der Waals surface area contributed by atoms with Crippen LogP contribution in [0.25, 0.3) is 11.4 Å². The highest BCUT2D eigenvalue weighted by molar-refractivity contribution is 5.56. The zero-order valence-corrected chi connectivity index (χ0v) is 16.6. The largest absolute Gasteiger partial charge is 0.382 e. The van der Waals surface area contributed by atoms with Crippen LogP contribution in [-0.2, 0) is 19.2 Å². The molecule has 4 rings (SSSR count). The number of imidazole rings is 1. The molecule has 0 spiro atoms. The molecule has 0 aliphatic rings. The fourth-order valence-corrected chi connectivity index (χ4v) is 3.70. The number of aryl methyl sites for hydroxylation is 1. The van der Waals surface area contributed by atoms with Gasteiger partial charge in [-0.3, -0.25) is 0 Å². The molecule has 6 nitrogen and oxygen atoms in total. The Bertz CT molecular complexity index is 1140. The van der Waals surface area contributed by atoms with Crippen molar-refractivity contribution < 1.29 is 13.9 Å². The number of nitrogens with zero attached hydrogens (tertiary/aromatic N) is 5. The van der Waals surface area contributed by atoms with Gasteiger partial charge in [-0.2, -0.15) is 5.10 Å². The lowest BCUT2D eigenvalue weighted by molar-refractivity contribution is -0.0112. The third-order valence-corrected chi connectivity index (χ3v) is 5.47. The summed E-state index contributed by atoms with van der Waals surface area (Å²) in [5.74, 6) is -1.23.